The van der Waals surface area contributed by atoms with Crippen molar-refractivity contribution in [2.24, 2.45) is 0 Å². The molecular weight excluding hydrogens is 338 g/mol. The molecule has 0 saturated carbocycles. The van der Waals surface area contributed by atoms with Crippen molar-refractivity contribution in [3.05, 3.63) is 53.7 Å². The molecule has 126 valence electrons. The van der Waals surface area contributed by atoms with Gasteiger partial charge < -0.3 is 14.8 Å². The predicted octanol–water partition coefficient (Wildman–Crippen LogP) is 4.56. The third kappa shape index (κ3) is 3.04. The first-order chi connectivity index (χ1) is 11.8. The van der Waals surface area contributed by atoms with E-state index in [9.17, 15) is 5.26 Å². The van der Waals surface area contributed by atoms with Gasteiger partial charge in [-0.25, -0.2) is 0 Å². The van der Waals surface area contributed by atoms with E-state index in [1.165, 1.54) is 5.56 Å². The number of nitrogens with one attached hydrogen (secondary N) is 1. The van der Waals surface area contributed by atoms with Crippen LogP contribution < -0.4 is 14.8 Å². The SMILES string of the molecule is CCc1ccc2ncc(C#N)c(Nc3ccc4c(c3)OCO4)c2c1.Cl. The van der Waals surface area contributed by atoms with Crippen molar-refractivity contribution in [3.63, 3.8) is 0 Å². The van der Waals surface area contributed by atoms with Crippen LogP contribution in [0.4, 0.5) is 11.4 Å². The molecular formula is C19H16ClN3O2. The average Bonchev–Trinajstić information content (AvgIpc) is 3.09. The maximum Gasteiger partial charge on any atom is 0.231 e. The first-order valence-corrected chi connectivity index (χ1v) is 7.77. The number of fused-ring (bicyclic) bond motifs is 2. The molecule has 2 heterocycles. The van der Waals surface area contributed by atoms with Crippen molar-refractivity contribution >= 4 is 34.7 Å². The highest BCUT2D eigenvalue weighted by molar-refractivity contribution is 5.96. The van der Waals surface area contributed by atoms with E-state index in [0.717, 1.165) is 34.4 Å². The number of hydrogen-bond donors (Lipinski definition) is 1. The number of nitriles is 1. The molecule has 0 spiro atoms. The summed E-state index contributed by atoms with van der Waals surface area (Å²) in [5, 5.41) is 13.7. The first-order valence-electron chi connectivity index (χ1n) is 7.77. The molecule has 0 amide bonds. The molecule has 0 radical (unpaired) electrons. The summed E-state index contributed by atoms with van der Waals surface area (Å²) in [5.41, 5.74) is 4.16. The average molecular weight is 354 g/mol. The Morgan fingerprint density at radius 3 is 2.80 bits per heavy atom. The van der Waals surface area contributed by atoms with Crippen LogP contribution in [0.2, 0.25) is 0 Å². The van der Waals surface area contributed by atoms with Gasteiger partial charge in [-0.1, -0.05) is 13.0 Å². The smallest absolute Gasteiger partial charge is 0.231 e. The molecule has 0 atom stereocenters. The van der Waals surface area contributed by atoms with Gasteiger partial charge in [0.05, 0.1) is 16.8 Å². The molecule has 0 aliphatic carbocycles. The second-order valence-corrected chi connectivity index (χ2v) is 5.56. The molecule has 25 heavy (non-hydrogen) atoms. The molecule has 1 N–H and O–H groups in total. The number of anilines is 2. The van der Waals surface area contributed by atoms with E-state index in [2.05, 4.69) is 35.4 Å². The minimum atomic E-state index is 0. The number of pyridine rings is 1. The monoisotopic (exact) mass is 353 g/mol. The number of aryl methyl sites for hydroxylation is 1. The number of aromatic nitrogens is 1. The molecule has 2 aromatic carbocycles. The number of benzene rings is 2. The van der Waals surface area contributed by atoms with Gasteiger partial charge in [0.15, 0.2) is 11.5 Å². The van der Waals surface area contributed by atoms with Gasteiger partial charge in [0, 0.05) is 23.3 Å². The molecule has 0 bridgehead atoms. The van der Waals surface area contributed by atoms with E-state index in [0.29, 0.717) is 11.3 Å². The van der Waals surface area contributed by atoms with Crippen molar-refractivity contribution in [1.82, 2.24) is 4.98 Å². The van der Waals surface area contributed by atoms with Crippen molar-refractivity contribution in [3.8, 4) is 17.6 Å². The summed E-state index contributed by atoms with van der Waals surface area (Å²) in [6, 6.07) is 14.0. The van der Waals surface area contributed by atoms with Gasteiger partial charge in [0.1, 0.15) is 6.07 Å². The zero-order chi connectivity index (χ0) is 16.5. The highest BCUT2D eigenvalue weighted by atomic mass is 35.5. The number of ether oxygens (including phenoxy) is 2. The van der Waals surface area contributed by atoms with Gasteiger partial charge in [0.25, 0.3) is 0 Å². The van der Waals surface area contributed by atoms with Crippen LogP contribution in [0.1, 0.15) is 18.1 Å². The van der Waals surface area contributed by atoms with Crippen LogP contribution in [0, 0.1) is 11.3 Å². The Morgan fingerprint density at radius 1 is 1.16 bits per heavy atom. The van der Waals surface area contributed by atoms with Gasteiger partial charge in [-0.3, -0.25) is 4.98 Å². The number of nitrogens with zero attached hydrogens (tertiary/aromatic N) is 2. The lowest BCUT2D eigenvalue weighted by Gasteiger charge is -2.12. The van der Waals surface area contributed by atoms with Crippen LogP contribution >= 0.6 is 12.4 Å². The molecule has 1 aromatic heterocycles. The second kappa shape index (κ2) is 6.88. The maximum absolute atomic E-state index is 9.46. The standard InChI is InChI=1S/C19H15N3O2.ClH/c1-2-12-3-5-16-15(7-12)19(13(9-20)10-21-16)22-14-4-6-17-18(8-14)24-11-23-17;/h3-8,10H,2,11H2,1H3,(H,21,22);1H. The highest BCUT2D eigenvalue weighted by Crippen LogP contribution is 2.36. The largest absolute Gasteiger partial charge is 0.454 e. The van der Waals surface area contributed by atoms with Crippen molar-refractivity contribution < 1.29 is 9.47 Å². The molecule has 0 unspecified atom stereocenters. The maximum atomic E-state index is 9.46. The molecule has 0 saturated heterocycles. The normalized spacial score (nSPS) is 11.7. The second-order valence-electron chi connectivity index (χ2n) is 5.56. The third-order valence-corrected chi connectivity index (χ3v) is 4.10. The number of halogens is 1. The summed E-state index contributed by atoms with van der Waals surface area (Å²) in [6.07, 6.45) is 2.53. The topological polar surface area (TPSA) is 67.2 Å². The Kier molecular flexibility index (Phi) is 4.64. The minimum Gasteiger partial charge on any atom is -0.454 e. The fraction of sp³-hybridized carbons (Fsp3) is 0.158. The van der Waals surface area contributed by atoms with Gasteiger partial charge in [-0.2, -0.15) is 5.26 Å². The van der Waals surface area contributed by atoms with Crippen molar-refractivity contribution in [2.75, 3.05) is 12.1 Å². The molecule has 0 fully saturated rings. The lowest BCUT2D eigenvalue weighted by atomic mass is 10.0. The zero-order valence-corrected chi connectivity index (χ0v) is 14.4. The molecule has 5 nitrogen and oxygen atoms in total. The number of hydrogen-bond acceptors (Lipinski definition) is 5. The van der Waals surface area contributed by atoms with E-state index < -0.39 is 0 Å². The molecule has 1 aliphatic heterocycles. The summed E-state index contributed by atoms with van der Waals surface area (Å²) >= 11 is 0. The summed E-state index contributed by atoms with van der Waals surface area (Å²) in [4.78, 5) is 4.38. The van der Waals surface area contributed by atoms with Crippen LogP contribution in [0.25, 0.3) is 10.9 Å². The minimum absolute atomic E-state index is 0. The van der Waals surface area contributed by atoms with Crippen molar-refractivity contribution in [2.45, 2.75) is 13.3 Å². The predicted molar refractivity (Wildman–Crippen MR) is 98.9 cm³/mol. The molecule has 6 heteroatoms. The molecule has 3 aromatic rings. The van der Waals surface area contributed by atoms with E-state index in [1.807, 2.05) is 24.3 Å². The first kappa shape index (κ1) is 16.9. The van der Waals surface area contributed by atoms with Crippen LogP contribution in [-0.4, -0.2) is 11.8 Å². The zero-order valence-electron chi connectivity index (χ0n) is 13.6. The Labute approximate surface area is 151 Å². The third-order valence-electron chi connectivity index (χ3n) is 4.10. The van der Waals surface area contributed by atoms with Gasteiger partial charge in [0.2, 0.25) is 6.79 Å². The van der Waals surface area contributed by atoms with E-state index in [4.69, 9.17) is 9.47 Å². The van der Waals surface area contributed by atoms with Crippen LogP contribution in [0.15, 0.2) is 42.6 Å². The fourth-order valence-electron chi connectivity index (χ4n) is 2.80. The summed E-state index contributed by atoms with van der Waals surface area (Å²) in [7, 11) is 0. The lowest BCUT2D eigenvalue weighted by Crippen LogP contribution is -1.97. The highest BCUT2D eigenvalue weighted by Gasteiger charge is 2.15. The Morgan fingerprint density at radius 2 is 2.00 bits per heavy atom. The van der Waals surface area contributed by atoms with Gasteiger partial charge in [-0.05, 0) is 36.2 Å². The summed E-state index contributed by atoms with van der Waals surface area (Å²) in [6.45, 7) is 2.34. The van der Waals surface area contributed by atoms with Crippen LogP contribution in [-0.2, 0) is 6.42 Å². The summed E-state index contributed by atoms with van der Waals surface area (Å²) in [5.74, 6) is 1.43. The fourth-order valence-corrected chi connectivity index (χ4v) is 2.80. The van der Waals surface area contributed by atoms with Gasteiger partial charge >= 0.3 is 0 Å². The Balaban J connectivity index is 0.00000182. The number of rotatable bonds is 3. The van der Waals surface area contributed by atoms with Crippen LogP contribution in [0.5, 0.6) is 11.5 Å². The van der Waals surface area contributed by atoms with E-state index in [1.54, 1.807) is 6.20 Å². The Bertz CT molecular complexity index is 982. The van der Waals surface area contributed by atoms with Crippen molar-refractivity contribution in [1.29, 1.82) is 5.26 Å². The molecule has 4 rings (SSSR count). The van der Waals surface area contributed by atoms with E-state index in [-0.39, 0.29) is 19.2 Å². The summed E-state index contributed by atoms with van der Waals surface area (Å²) < 4.78 is 10.8. The lowest BCUT2D eigenvalue weighted by molar-refractivity contribution is 0.174. The van der Waals surface area contributed by atoms with Crippen LogP contribution in [0.3, 0.4) is 0 Å². The molecule has 1 aliphatic rings. The van der Waals surface area contributed by atoms with Gasteiger partial charge in [-0.15, -0.1) is 12.4 Å². The Hall–Kier alpha value is -2.97. The quantitative estimate of drug-likeness (QED) is 0.747. The van der Waals surface area contributed by atoms with E-state index >= 15 is 0 Å².